The molecule has 0 bridgehead atoms. The third-order valence-corrected chi connectivity index (χ3v) is 7.23. The van der Waals surface area contributed by atoms with Crippen molar-refractivity contribution in [1.29, 1.82) is 0 Å². The Labute approximate surface area is 287 Å². The molecular weight excluding hydrogens is 626 g/mol. The first-order valence-corrected chi connectivity index (χ1v) is 16.4. The average molecular weight is 674 g/mol. The van der Waals surface area contributed by atoms with Crippen molar-refractivity contribution in [3.05, 3.63) is 101 Å². The standard InChI is InChI=1S/C36H47N7O6/c1-2-8-31(42-33(45)23-40-32(44)13-6-11-26-18-20-30(21-19-26)41-34(37)38)43-36(47)49-25-29-16-14-27(15-17-29)12-7-22-39-35(46)48-24-28-9-4-3-5-10-28/h3-5,9-10,14-21,31H,2,6-8,11-13,22-25H2,1H3,(H,39,46)(H,40,44)(H,42,45)(H,43,47)(H4,37,38,41). The Morgan fingerprint density at radius 2 is 1.29 bits per heavy atom. The van der Waals surface area contributed by atoms with Gasteiger partial charge >= 0.3 is 12.2 Å². The topological polar surface area (TPSA) is 199 Å². The lowest BCUT2D eigenvalue weighted by atomic mass is 10.1. The van der Waals surface area contributed by atoms with Crippen molar-refractivity contribution >= 4 is 35.6 Å². The first-order chi connectivity index (χ1) is 23.7. The minimum absolute atomic E-state index is 0.0112. The molecule has 3 rings (SSSR count). The molecule has 0 radical (unpaired) electrons. The Morgan fingerprint density at radius 1 is 0.694 bits per heavy atom. The van der Waals surface area contributed by atoms with E-state index in [0.717, 1.165) is 35.1 Å². The summed E-state index contributed by atoms with van der Waals surface area (Å²) in [5.41, 5.74) is 15.3. The van der Waals surface area contributed by atoms with Crippen LogP contribution in [0.3, 0.4) is 0 Å². The number of hydrogen-bond acceptors (Lipinski definition) is 7. The van der Waals surface area contributed by atoms with Gasteiger partial charge in [-0.2, -0.15) is 0 Å². The maximum absolute atomic E-state index is 12.5. The van der Waals surface area contributed by atoms with Gasteiger partial charge in [-0.15, -0.1) is 0 Å². The van der Waals surface area contributed by atoms with Gasteiger partial charge in [0, 0.05) is 13.0 Å². The lowest BCUT2D eigenvalue weighted by Crippen LogP contribution is -2.50. The summed E-state index contributed by atoms with van der Waals surface area (Å²) in [6.07, 6.45) is 2.49. The van der Waals surface area contributed by atoms with E-state index in [2.05, 4.69) is 26.3 Å². The zero-order valence-electron chi connectivity index (χ0n) is 27.9. The number of guanidine groups is 1. The number of nitrogens with one attached hydrogen (secondary N) is 4. The van der Waals surface area contributed by atoms with E-state index in [4.69, 9.17) is 20.9 Å². The van der Waals surface area contributed by atoms with Gasteiger partial charge in [0.05, 0.1) is 12.2 Å². The Hall–Kier alpha value is -5.59. The predicted molar refractivity (Wildman–Crippen MR) is 187 cm³/mol. The number of benzene rings is 3. The lowest BCUT2D eigenvalue weighted by Gasteiger charge is -2.19. The Balaban J connectivity index is 1.27. The quantitative estimate of drug-likeness (QED) is 0.0474. The molecule has 4 amide bonds. The van der Waals surface area contributed by atoms with Gasteiger partial charge in [0.2, 0.25) is 11.8 Å². The van der Waals surface area contributed by atoms with E-state index >= 15 is 0 Å². The molecule has 0 aromatic heterocycles. The molecular formula is C36H47N7O6. The van der Waals surface area contributed by atoms with Gasteiger partial charge in [-0.05, 0) is 66.5 Å². The summed E-state index contributed by atoms with van der Waals surface area (Å²) < 4.78 is 10.6. The molecule has 0 saturated carbocycles. The van der Waals surface area contributed by atoms with E-state index in [9.17, 15) is 19.2 Å². The molecule has 1 atom stereocenters. The number of carbonyl (C=O) groups is 4. The molecule has 3 aromatic rings. The monoisotopic (exact) mass is 673 g/mol. The lowest BCUT2D eigenvalue weighted by molar-refractivity contribution is -0.126. The zero-order valence-corrected chi connectivity index (χ0v) is 27.9. The van der Waals surface area contributed by atoms with Crippen LogP contribution in [-0.2, 0) is 45.1 Å². The average Bonchev–Trinajstić information content (AvgIpc) is 3.09. The number of hydrogen-bond donors (Lipinski definition) is 6. The summed E-state index contributed by atoms with van der Waals surface area (Å²) in [7, 11) is 0. The molecule has 8 N–H and O–H groups in total. The van der Waals surface area contributed by atoms with Crippen LogP contribution in [0, 0.1) is 0 Å². The molecule has 0 aliphatic carbocycles. The zero-order chi connectivity index (χ0) is 35.3. The number of aliphatic imine (C=N–C) groups is 1. The molecule has 49 heavy (non-hydrogen) atoms. The van der Waals surface area contributed by atoms with E-state index in [1.54, 1.807) is 12.1 Å². The van der Waals surface area contributed by atoms with Gasteiger partial charge in [-0.25, -0.2) is 14.6 Å². The van der Waals surface area contributed by atoms with Gasteiger partial charge in [-0.3, -0.25) is 9.59 Å². The van der Waals surface area contributed by atoms with Crippen molar-refractivity contribution in [2.45, 2.75) is 71.2 Å². The van der Waals surface area contributed by atoms with E-state index < -0.39 is 24.3 Å². The van der Waals surface area contributed by atoms with E-state index in [1.165, 1.54) is 0 Å². The molecule has 13 nitrogen and oxygen atoms in total. The van der Waals surface area contributed by atoms with Crippen LogP contribution < -0.4 is 32.7 Å². The van der Waals surface area contributed by atoms with Crippen molar-refractivity contribution in [2.24, 2.45) is 16.5 Å². The molecule has 0 fully saturated rings. The highest BCUT2D eigenvalue weighted by Gasteiger charge is 2.16. The smallest absolute Gasteiger partial charge is 0.409 e. The first-order valence-electron chi connectivity index (χ1n) is 16.4. The number of ether oxygens (including phenoxy) is 2. The Morgan fingerprint density at radius 3 is 1.94 bits per heavy atom. The molecule has 0 heterocycles. The van der Waals surface area contributed by atoms with Crippen molar-refractivity contribution in [2.75, 3.05) is 13.1 Å². The summed E-state index contributed by atoms with van der Waals surface area (Å²) in [4.78, 5) is 53.0. The Kier molecular flexibility index (Phi) is 16.5. The van der Waals surface area contributed by atoms with Gasteiger partial charge in [0.25, 0.3) is 0 Å². The van der Waals surface area contributed by atoms with Gasteiger partial charge in [0.15, 0.2) is 5.96 Å². The van der Waals surface area contributed by atoms with Crippen molar-refractivity contribution in [3.63, 3.8) is 0 Å². The van der Waals surface area contributed by atoms with Gasteiger partial charge in [0.1, 0.15) is 19.4 Å². The second kappa shape index (κ2) is 21.3. The maximum Gasteiger partial charge on any atom is 0.409 e. The second-order valence-corrected chi connectivity index (χ2v) is 11.4. The van der Waals surface area contributed by atoms with Crippen LogP contribution in [0.2, 0.25) is 0 Å². The summed E-state index contributed by atoms with van der Waals surface area (Å²) in [6.45, 7) is 2.50. The van der Waals surface area contributed by atoms with E-state index in [-0.39, 0.29) is 38.0 Å². The molecule has 0 aliphatic rings. The molecule has 1 unspecified atom stereocenters. The summed E-state index contributed by atoms with van der Waals surface area (Å²) in [5.74, 6) is -0.672. The number of alkyl carbamates (subject to hydrolysis) is 2. The van der Waals surface area contributed by atoms with Crippen molar-refractivity contribution < 1.29 is 28.7 Å². The number of amides is 4. The van der Waals surface area contributed by atoms with Crippen LogP contribution in [0.1, 0.15) is 61.3 Å². The normalized spacial score (nSPS) is 11.0. The van der Waals surface area contributed by atoms with Crippen LogP contribution in [0.15, 0.2) is 83.9 Å². The second-order valence-electron chi connectivity index (χ2n) is 11.4. The number of rotatable bonds is 19. The molecule has 3 aromatic carbocycles. The third-order valence-electron chi connectivity index (χ3n) is 7.23. The van der Waals surface area contributed by atoms with E-state index in [1.807, 2.05) is 73.7 Å². The fourth-order valence-electron chi connectivity index (χ4n) is 4.71. The highest BCUT2D eigenvalue weighted by molar-refractivity contribution is 5.85. The summed E-state index contributed by atoms with van der Waals surface area (Å²) >= 11 is 0. The van der Waals surface area contributed by atoms with Crippen LogP contribution in [0.4, 0.5) is 15.3 Å². The molecule has 262 valence electrons. The fraction of sp³-hybridized carbons (Fsp3) is 0.361. The van der Waals surface area contributed by atoms with Crippen LogP contribution in [0.25, 0.3) is 0 Å². The number of nitrogens with zero attached hydrogens (tertiary/aromatic N) is 1. The Bertz CT molecular complexity index is 1490. The van der Waals surface area contributed by atoms with Crippen LogP contribution in [0.5, 0.6) is 0 Å². The molecule has 0 aliphatic heterocycles. The molecule has 0 saturated heterocycles. The van der Waals surface area contributed by atoms with Crippen molar-refractivity contribution in [1.82, 2.24) is 21.3 Å². The maximum atomic E-state index is 12.5. The number of aryl methyl sites for hydroxylation is 2. The SMILES string of the molecule is CCCC(NC(=O)CNC(=O)CCCc1ccc(N=C(N)N)cc1)NC(=O)OCc1ccc(CCCNC(=O)OCc2ccccc2)cc1. The predicted octanol–water partition coefficient (Wildman–Crippen LogP) is 4.06. The third kappa shape index (κ3) is 16.2. The highest BCUT2D eigenvalue weighted by atomic mass is 16.6. The van der Waals surface area contributed by atoms with Crippen LogP contribution >= 0.6 is 0 Å². The molecule has 0 spiro atoms. The minimum Gasteiger partial charge on any atom is -0.445 e. The first kappa shape index (κ1) is 37.9. The van der Waals surface area contributed by atoms with Gasteiger partial charge in [-0.1, -0.05) is 80.1 Å². The number of nitrogens with two attached hydrogens (primary N) is 2. The minimum atomic E-state index is -0.664. The van der Waals surface area contributed by atoms with E-state index in [0.29, 0.717) is 37.9 Å². The summed E-state index contributed by atoms with van der Waals surface area (Å²) in [5, 5.41) is 10.8. The van der Waals surface area contributed by atoms with Crippen molar-refractivity contribution in [3.8, 4) is 0 Å². The van der Waals surface area contributed by atoms with Crippen LogP contribution in [-0.4, -0.2) is 49.2 Å². The highest BCUT2D eigenvalue weighted by Crippen LogP contribution is 2.14. The molecule has 13 heteroatoms. The summed E-state index contributed by atoms with van der Waals surface area (Å²) in [6, 6.07) is 24.5. The fourth-order valence-corrected chi connectivity index (χ4v) is 4.71. The largest absolute Gasteiger partial charge is 0.445 e. The number of carbonyl (C=O) groups excluding carboxylic acids is 4. The van der Waals surface area contributed by atoms with Gasteiger partial charge < -0.3 is 42.2 Å².